The maximum Gasteiger partial charge on any atom is 0.354 e. The fourth-order valence-corrected chi connectivity index (χ4v) is 2.20. The Hall–Kier alpha value is -2.66. The van der Waals surface area contributed by atoms with Gasteiger partial charge in [0.1, 0.15) is 5.82 Å². The third-order valence-corrected chi connectivity index (χ3v) is 3.39. The molecule has 22 heavy (non-hydrogen) atoms. The summed E-state index contributed by atoms with van der Waals surface area (Å²) in [6.45, 7) is 0. The monoisotopic (exact) mass is 316 g/mol. The van der Waals surface area contributed by atoms with Gasteiger partial charge in [0.15, 0.2) is 5.69 Å². The molecule has 1 aromatic heterocycles. The summed E-state index contributed by atoms with van der Waals surface area (Å²) in [5.41, 5.74) is 1.71. The first kappa shape index (κ1) is 14.3. The summed E-state index contributed by atoms with van der Waals surface area (Å²) in [5.74, 6) is -1.51. The van der Waals surface area contributed by atoms with Crippen molar-refractivity contribution in [1.29, 1.82) is 0 Å². The van der Waals surface area contributed by atoms with Crippen molar-refractivity contribution in [3.05, 3.63) is 71.1 Å². The maximum atomic E-state index is 13.0. The minimum absolute atomic E-state index is 0.00319. The predicted octanol–water partition coefficient (Wildman–Crippen LogP) is 4.03. The predicted molar refractivity (Wildman–Crippen MR) is 80.9 cm³/mol. The van der Waals surface area contributed by atoms with Gasteiger partial charge in [-0.05, 0) is 42.5 Å². The molecule has 1 N–H and O–H groups in total. The molecule has 0 bridgehead atoms. The molecule has 0 fully saturated rings. The maximum absolute atomic E-state index is 13.0. The Labute approximate surface area is 130 Å². The third kappa shape index (κ3) is 2.71. The zero-order valence-corrected chi connectivity index (χ0v) is 12.0. The van der Waals surface area contributed by atoms with E-state index in [-0.39, 0.29) is 5.69 Å². The molecule has 4 nitrogen and oxygen atoms in total. The van der Waals surface area contributed by atoms with E-state index in [0.29, 0.717) is 16.4 Å². The van der Waals surface area contributed by atoms with Crippen LogP contribution in [0.25, 0.3) is 16.9 Å². The number of benzene rings is 2. The lowest BCUT2D eigenvalue weighted by atomic mass is 10.1. The number of nitrogens with zero attached hydrogens (tertiary/aromatic N) is 2. The van der Waals surface area contributed by atoms with Crippen LogP contribution < -0.4 is 0 Å². The van der Waals surface area contributed by atoms with Crippen molar-refractivity contribution < 1.29 is 14.3 Å². The Bertz CT molecular complexity index is 826. The van der Waals surface area contributed by atoms with Crippen molar-refractivity contribution in [1.82, 2.24) is 9.78 Å². The molecule has 3 aromatic rings. The van der Waals surface area contributed by atoms with Crippen molar-refractivity contribution in [3.8, 4) is 16.9 Å². The second kappa shape index (κ2) is 5.61. The molecule has 0 atom stereocenters. The molecule has 0 saturated carbocycles. The van der Waals surface area contributed by atoms with Crippen LogP contribution in [0.3, 0.4) is 0 Å². The highest BCUT2D eigenvalue weighted by Crippen LogP contribution is 2.23. The summed E-state index contributed by atoms with van der Waals surface area (Å²) in [6, 6.07) is 13.8. The average molecular weight is 317 g/mol. The summed E-state index contributed by atoms with van der Waals surface area (Å²) in [5, 5.41) is 14.2. The number of rotatable bonds is 3. The van der Waals surface area contributed by atoms with Crippen molar-refractivity contribution in [3.63, 3.8) is 0 Å². The van der Waals surface area contributed by atoms with Crippen molar-refractivity contribution >= 4 is 17.6 Å². The van der Waals surface area contributed by atoms with Crippen LogP contribution in [0.2, 0.25) is 5.02 Å². The van der Waals surface area contributed by atoms with Gasteiger partial charge in [-0.2, -0.15) is 5.10 Å². The van der Waals surface area contributed by atoms with Crippen LogP contribution in [0.15, 0.2) is 54.6 Å². The van der Waals surface area contributed by atoms with Crippen LogP contribution in [0.5, 0.6) is 0 Å². The number of carboxylic acid groups (broad SMARTS) is 1. The summed E-state index contributed by atoms with van der Waals surface area (Å²) < 4.78 is 14.3. The minimum Gasteiger partial charge on any atom is -0.477 e. The Morgan fingerprint density at radius 2 is 1.73 bits per heavy atom. The van der Waals surface area contributed by atoms with E-state index in [1.807, 2.05) is 0 Å². The lowest BCUT2D eigenvalue weighted by molar-refractivity contribution is 0.0687. The molecule has 0 aliphatic heterocycles. The molecular weight excluding hydrogens is 307 g/mol. The number of carboxylic acids is 1. The molecule has 2 aromatic carbocycles. The molecule has 3 rings (SSSR count). The van der Waals surface area contributed by atoms with E-state index < -0.39 is 11.8 Å². The zero-order valence-electron chi connectivity index (χ0n) is 11.2. The normalized spacial score (nSPS) is 10.6. The number of halogens is 2. The van der Waals surface area contributed by atoms with Crippen LogP contribution >= 0.6 is 11.6 Å². The number of carbonyl (C=O) groups is 1. The van der Waals surface area contributed by atoms with E-state index in [2.05, 4.69) is 5.10 Å². The molecule has 0 spiro atoms. The molecule has 0 unspecified atom stereocenters. The number of aromatic carboxylic acids is 1. The summed E-state index contributed by atoms with van der Waals surface area (Å²) in [6.07, 6.45) is 0. The van der Waals surface area contributed by atoms with Crippen molar-refractivity contribution in [2.75, 3.05) is 0 Å². The van der Waals surface area contributed by atoms with Gasteiger partial charge in [-0.15, -0.1) is 0 Å². The largest absolute Gasteiger partial charge is 0.477 e. The van der Waals surface area contributed by atoms with Crippen LogP contribution in [0.1, 0.15) is 10.5 Å². The Kier molecular flexibility index (Phi) is 3.65. The number of hydrogen-bond acceptors (Lipinski definition) is 2. The molecule has 110 valence electrons. The quantitative estimate of drug-likeness (QED) is 0.793. The van der Waals surface area contributed by atoms with E-state index in [4.69, 9.17) is 11.6 Å². The van der Waals surface area contributed by atoms with Crippen LogP contribution in [0.4, 0.5) is 4.39 Å². The second-order valence-electron chi connectivity index (χ2n) is 4.62. The SMILES string of the molecule is O=C(O)c1cc(-c2ccc(Cl)cc2)nn1-c1ccc(F)cc1. The highest BCUT2D eigenvalue weighted by Gasteiger charge is 2.16. The summed E-state index contributed by atoms with van der Waals surface area (Å²) >= 11 is 5.84. The fourth-order valence-electron chi connectivity index (χ4n) is 2.07. The van der Waals surface area contributed by atoms with Gasteiger partial charge in [-0.1, -0.05) is 23.7 Å². The summed E-state index contributed by atoms with van der Waals surface area (Å²) in [7, 11) is 0. The number of aromatic nitrogens is 2. The minimum atomic E-state index is -1.11. The molecule has 0 amide bonds. The van der Waals surface area contributed by atoms with Gasteiger partial charge in [-0.25, -0.2) is 13.9 Å². The number of hydrogen-bond donors (Lipinski definition) is 1. The van der Waals surface area contributed by atoms with Gasteiger partial charge in [0.25, 0.3) is 0 Å². The van der Waals surface area contributed by atoms with Crippen LogP contribution in [-0.4, -0.2) is 20.9 Å². The van der Waals surface area contributed by atoms with Crippen LogP contribution in [-0.2, 0) is 0 Å². The van der Waals surface area contributed by atoms with Gasteiger partial charge in [0.2, 0.25) is 0 Å². The Balaban J connectivity index is 2.11. The molecule has 0 saturated heterocycles. The Morgan fingerprint density at radius 3 is 2.32 bits per heavy atom. The lowest BCUT2D eigenvalue weighted by Crippen LogP contribution is -2.07. The Morgan fingerprint density at radius 1 is 1.09 bits per heavy atom. The zero-order chi connectivity index (χ0) is 15.7. The molecule has 0 radical (unpaired) electrons. The smallest absolute Gasteiger partial charge is 0.354 e. The first-order valence-electron chi connectivity index (χ1n) is 6.40. The first-order chi connectivity index (χ1) is 10.5. The van der Waals surface area contributed by atoms with Gasteiger partial charge in [-0.3, -0.25) is 0 Å². The van der Waals surface area contributed by atoms with E-state index in [0.717, 1.165) is 5.56 Å². The van der Waals surface area contributed by atoms with E-state index in [1.54, 1.807) is 24.3 Å². The lowest BCUT2D eigenvalue weighted by Gasteiger charge is -2.03. The van der Waals surface area contributed by atoms with Crippen molar-refractivity contribution in [2.45, 2.75) is 0 Å². The average Bonchev–Trinajstić information content (AvgIpc) is 2.94. The van der Waals surface area contributed by atoms with E-state index >= 15 is 0 Å². The fraction of sp³-hybridized carbons (Fsp3) is 0. The van der Waals surface area contributed by atoms with E-state index in [1.165, 1.54) is 35.0 Å². The third-order valence-electron chi connectivity index (χ3n) is 3.14. The van der Waals surface area contributed by atoms with Gasteiger partial charge in [0.05, 0.1) is 11.4 Å². The first-order valence-corrected chi connectivity index (χ1v) is 6.77. The molecule has 6 heteroatoms. The van der Waals surface area contributed by atoms with E-state index in [9.17, 15) is 14.3 Å². The molecule has 0 aliphatic carbocycles. The highest BCUT2D eigenvalue weighted by molar-refractivity contribution is 6.30. The van der Waals surface area contributed by atoms with Crippen LogP contribution in [0, 0.1) is 5.82 Å². The van der Waals surface area contributed by atoms with Gasteiger partial charge < -0.3 is 5.11 Å². The van der Waals surface area contributed by atoms with Crippen molar-refractivity contribution in [2.24, 2.45) is 0 Å². The van der Waals surface area contributed by atoms with Gasteiger partial charge >= 0.3 is 5.97 Å². The molecular formula is C16H10ClFN2O2. The topological polar surface area (TPSA) is 55.1 Å². The highest BCUT2D eigenvalue weighted by atomic mass is 35.5. The van der Waals surface area contributed by atoms with Gasteiger partial charge in [0, 0.05) is 10.6 Å². The summed E-state index contributed by atoms with van der Waals surface area (Å²) in [4.78, 5) is 11.4. The molecule has 1 heterocycles. The molecule has 0 aliphatic rings. The standard InChI is InChI=1S/C16H10ClFN2O2/c17-11-3-1-10(2-4-11)14-9-15(16(21)22)20(19-14)13-7-5-12(18)6-8-13/h1-9H,(H,21,22). The second-order valence-corrected chi connectivity index (χ2v) is 5.05.